The Bertz CT molecular complexity index is 1010. The fourth-order valence-electron chi connectivity index (χ4n) is 2.85. The second-order valence-electron chi connectivity index (χ2n) is 6.16. The maximum atomic E-state index is 12.9. The van der Waals surface area contributed by atoms with E-state index in [1.165, 1.54) is 31.2 Å². The average molecular weight is 426 g/mol. The molecule has 28 heavy (non-hydrogen) atoms. The molecule has 0 aliphatic heterocycles. The number of rotatable bonds is 7. The van der Waals surface area contributed by atoms with Crippen LogP contribution in [0, 0.1) is 17.0 Å². The van der Waals surface area contributed by atoms with E-state index < -0.39 is 26.9 Å². The van der Waals surface area contributed by atoms with Crippen LogP contribution in [0.5, 0.6) is 0 Å². The minimum Gasteiger partial charge on any atom is -0.324 e. The number of halogens is 1. The third kappa shape index (κ3) is 4.79. The minimum absolute atomic E-state index is 0.138. The Morgan fingerprint density at radius 3 is 2.46 bits per heavy atom. The first-order valence-corrected chi connectivity index (χ1v) is 10.6. The van der Waals surface area contributed by atoms with Crippen LogP contribution in [0.3, 0.4) is 0 Å². The van der Waals surface area contributed by atoms with Crippen molar-refractivity contribution in [3.05, 3.63) is 63.2 Å². The molecule has 2 aromatic rings. The monoisotopic (exact) mass is 425 g/mol. The van der Waals surface area contributed by atoms with E-state index in [-0.39, 0.29) is 29.0 Å². The van der Waals surface area contributed by atoms with Gasteiger partial charge in [0.1, 0.15) is 6.04 Å². The fourth-order valence-corrected chi connectivity index (χ4v) is 4.23. The summed E-state index contributed by atoms with van der Waals surface area (Å²) < 4.78 is 25.8. The Balaban J connectivity index is 2.43. The van der Waals surface area contributed by atoms with Crippen LogP contribution < -0.4 is 9.62 Å². The summed E-state index contributed by atoms with van der Waals surface area (Å²) in [5.41, 5.74) is 0.648. The predicted molar refractivity (Wildman–Crippen MR) is 109 cm³/mol. The molecule has 0 aliphatic rings. The van der Waals surface area contributed by atoms with Crippen LogP contribution in [-0.4, -0.2) is 31.5 Å². The molecular weight excluding hydrogens is 406 g/mol. The number of carbonyl (C=O) groups excluding carboxylic acids is 1. The van der Waals surface area contributed by atoms with Crippen LogP contribution in [-0.2, 0) is 14.8 Å². The molecule has 1 N–H and O–H groups in total. The van der Waals surface area contributed by atoms with Gasteiger partial charge in [-0.25, -0.2) is 8.42 Å². The molecule has 0 unspecified atom stereocenters. The van der Waals surface area contributed by atoms with Crippen LogP contribution in [0.1, 0.15) is 18.9 Å². The van der Waals surface area contributed by atoms with Crippen molar-refractivity contribution in [2.24, 2.45) is 0 Å². The maximum absolute atomic E-state index is 12.9. The molecule has 0 saturated carbocycles. The molecule has 10 heteroatoms. The molecule has 2 aromatic carbocycles. The van der Waals surface area contributed by atoms with Crippen molar-refractivity contribution in [1.82, 2.24) is 0 Å². The number of nitrogens with zero attached hydrogens (tertiary/aromatic N) is 2. The molecule has 150 valence electrons. The van der Waals surface area contributed by atoms with E-state index in [1.807, 2.05) is 0 Å². The van der Waals surface area contributed by atoms with Crippen LogP contribution >= 0.6 is 11.6 Å². The second-order valence-corrected chi connectivity index (χ2v) is 8.45. The van der Waals surface area contributed by atoms with Crippen LogP contribution in [0.4, 0.5) is 17.1 Å². The molecule has 0 spiro atoms. The molecule has 0 radical (unpaired) electrons. The van der Waals surface area contributed by atoms with Gasteiger partial charge in [0.2, 0.25) is 15.9 Å². The molecule has 0 aliphatic carbocycles. The second kappa shape index (κ2) is 8.57. The van der Waals surface area contributed by atoms with Gasteiger partial charge in [-0.1, -0.05) is 30.7 Å². The molecule has 0 saturated heterocycles. The minimum atomic E-state index is -3.81. The van der Waals surface area contributed by atoms with E-state index in [2.05, 4.69) is 5.32 Å². The predicted octanol–water partition coefficient (Wildman–Crippen LogP) is 3.74. The van der Waals surface area contributed by atoms with Gasteiger partial charge in [-0.05, 0) is 37.6 Å². The lowest BCUT2D eigenvalue weighted by Gasteiger charge is -2.30. The molecule has 2 rings (SSSR count). The Hall–Kier alpha value is -2.65. The van der Waals surface area contributed by atoms with E-state index in [1.54, 1.807) is 25.1 Å². The molecule has 0 heterocycles. The third-order valence-electron chi connectivity index (χ3n) is 4.15. The Labute approximate surface area is 168 Å². The standard InChI is InChI=1S/C18H20ClN3O5S/c1-4-16(21(28(3,26)27)14-8-5-7-13(19)11-14)18(23)20-15-9-6-10-17(12(15)2)22(24)25/h5-11,16H,4H2,1-3H3,(H,20,23)/t16-/m1/s1. The third-order valence-corrected chi connectivity index (χ3v) is 5.57. The summed E-state index contributed by atoms with van der Waals surface area (Å²) in [5.74, 6) is -0.600. The van der Waals surface area contributed by atoms with Gasteiger partial charge in [-0.15, -0.1) is 0 Å². The summed E-state index contributed by atoms with van der Waals surface area (Å²) in [4.78, 5) is 23.5. The maximum Gasteiger partial charge on any atom is 0.274 e. The lowest BCUT2D eigenvalue weighted by molar-refractivity contribution is -0.385. The number of sulfonamides is 1. The molecule has 1 atom stereocenters. The zero-order chi connectivity index (χ0) is 21.1. The van der Waals surface area contributed by atoms with E-state index >= 15 is 0 Å². The van der Waals surface area contributed by atoms with Gasteiger partial charge in [0.05, 0.1) is 28.1 Å². The summed E-state index contributed by atoms with van der Waals surface area (Å²) in [6.07, 6.45) is 1.18. The van der Waals surface area contributed by atoms with E-state index in [4.69, 9.17) is 11.6 Å². The molecule has 1 amide bonds. The summed E-state index contributed by atoms with van der Waals surface area (Å²) in [6, 6.07) is 9.43. The summed E-state index contributed by atoms with van der Waals surface area (Å²) in [6.45, 7) is 3.19. The fraction of sp³-hybridized carbons (Fsp3) is 0.278. The van der Waals surface area contributed by atoms with Crippen molar-refractivity contribution in [2.45, 2.75) is 26.3 Å². The van der Waals surface area contributed by atoms with E-state index in [0.717, 1.165) is 10.6 Å². The van der Waals surface area contributed by atoms with E-state index in [0.29, 0.717) is 5.02 Å². The lowest BCUT2D eigenvalue weighted by atomic mass is 10.1. The van der Waals surface area contributed by atoms with Crippen LogP contribution in [0.25, 0.3) is 0 Å². The summed E-state index contributed by atoms with van der Waals surface area (Å²) >= 11 is 5.98. The number of nitro groups is 1. The van der Waals surface area contributed by atoms with Gasteiger partial charge in [0, 0.05) is 11.1 Å². The highest BCUT2D eigenvalue weighted by atomic mass is 35.5. The highest BCUT2D eigenvalue weighted by Crippen LogP contribution is 2.28. The quantitative estimate of drug-likeness (QED) is 0.536. The zero-order valence-corrected chi connectivity index (χ0v) is 17.1. The highest BCUT2D eigenvalue weighted by molar-refractivity contribution is 7.92. The van der Waals surface area contributed by atoms with Gasteiger partial charge in [0.25, 0.3) is 5.69 Å². The van der Waals surface area contributed by atoms with Crippen molar-refractivity contribution in [3.63, 3.8) is 0 Å². The average Bonchev–Trinajstić information content (AvgIpc) is 2.59. The Morgan fingerprint density at radius 1 is 1.29 bits per heavy atom. The first-order valence-electron chi connectivity index (χ1n) is 8.36. The number of anilines is 2. The van der Waals surface area contributed by atoms with Gasteiger partial charge in [-0.2, -0.15) is 0 Å². The number of nitro benzene ring substituents is 1. The van der Waals surface area contributed by atoms with Gasteiger partial charge in [0.15, 0.2) is 0 Å². The first kappa shape index (κ1) is 21.6. The molecule has 0 bridgehead atoms. The Kier molecular flexibility index (Phi) is 6.63. The smallest absolute Gasteiger partial charge is 0.274 e. The van der Waals surface area contributed by atoms with Crippen molar-refractivity contribution in [2.75, 3.05) is 15.9 Å². The number of hydrogen-bond acceptors (Lipinski definition) is 5. The number of amides is 1. The molecular formula is C18H20ClN3O5S. The molecule has 8 nitrogen and oxygen atoms in total. The largest absolute Gasteiger partial charge is 0.324 e. The van der Waals surface area contributed by atoms with Crippen molar-refractivity contribution in [1.29, 1.82) is 0 Å². The number of carbonyl (C=O) groups is 1. The van der Waals surface area contributed by atoms with Crippen LogP contribution in [0.15, 0.2) is 42.5 Å². The summed E-state index contributed by atoms with van der Waals surface area (Å²) in [7, 11) is -3.81. The van der Waals surface area contributed by atoms with Crippen molar-refractivity contribution >= 4 is 44.6 Å². The normalized spacial score (nSPS) is 12.3. The zero-order valence-electron chi connectivity index (χ0n) is 15.5. The number of nitrogens with one attached hydrogen (secondary N) is 1. The highest BCUT2D eigenvalue weighted by Gasteiger charge is 2.32. The lowest BCUT2D eigenvalue weighted by Crippen LogP contribution is -2.47. The van der Waals surface area contributed by atoms with E-state index in [9.17, 15) is 23.3 Å². The van der Waals surface area contributed by atoms with Crippen molar-refractivity contribution < 1.29 is 18.1 Å². The van der Waals surface area contributed by atoms with Gasteiger partial charge >= 0.3 is 0 Å². The summed E-state index contributed by atoms with van der Waals surface area (Å²) in [5, 5.41) is 14.0. The van der Waals surface area contributed by atoms with Crippen LogP contribution in [0.2, 0.25) is 5.02 Å². The first-order chi connectivity index (χ1) is 13.1. The van der Waals surface area contributed by atoms with Crippen molar-refractivity contribution in [3.8, 4) is 0 Å². The van der Waals surface area contributed by atoms with Gasteiger partial charge < -0.3 is 5.32 Å². The Morgan fingerprint density at radius 2 is 1.93 bits per heavy atom. The molecule has 0 fully saturated rings. The topological polar surface area (TPSA) is 110 Å². The number of hydrogen-bond donors (Lipinski definition) is 1. The van der Waals surface area contributed by atoms with Gasteiger partial charge in [-0.3, -0.25) is 19.2 Å². The molecule has 0 aromatic heterocycles. The SMILES string of the molecule is CC[C@H](C(=O)Nc1cccc([N+](=O)[O-])c1C)N(c1cccc(Cl)c1)S(C)(=O)=O. The number of benzene rings is 2.